The maximum atomic E-state index is 13.2. The van der Waals surface area contributed by atoms with Crippen LogP contribution in [0.5, 0.6) is 0 Å². The fourth-order valence-corrected chi connectivity index (χ4v) is 7.77. The van der Waals surface area contributed by atoms with E-state index in [-0.39, 0.29) is 29.0 Å². The Morgan fingerprint density at radius 2 is 1.88 bits per heavy atom. The molecule has 6 rings (SSSR count). The van der Waals surface area contributed by atoms with E-state index in [2.05, 4.69) is 6.58 Å². The van der Waals surface area contributed by atoms with Gasteiger partial charge in [0, 0.05) is 23.2 Å². The van der Waals surface area contributed by atoms with Crippen LogP contribution in [-0.4, -0.2) is 45.7 Å². The molecule has 4 saturated carbocycles. The maximum absolute atomic E-state index is 13.2. The number of hydrogen-bond acceptors (Lipinski definition) is 5. The second kappa shape index (κ2) is 4.38. The molecule has 0 radical (unpaired) electrons. The van der Waals surface area contributed by atoms with Crippen LogP contribution in [0.15, 0.2) is 12.2 Å². The summed E-state index contributed by atoms with van der Waals surface area (Å²) in [5.41, 5.74) is -1.39. The zero-order valence-electron chi connectivity index (χ0n) is 15.0. The van der Waals surface area contributed by atoms with Crippen molar-refractivity contribution in [3.05, 3.63) is 12.2 Å². The lowest BCUT2D eigenvalue weighted by Crippen LogP contribution is -2.75. The van der Waals surface area contributed by atoms with Gasteiger partial charge in [0.1, 0.15) is 0 Å². The first-order chi connectivity index (χ1) is 11.6. The van der Waals surface area contributed by atoms with E-state index < -0.39 is 28.8 Å². The van der Waals surface area contributed by atoms with E-state index in [1.807, 2.05) is 13.8 Å². The molecule has 8 unspecified atom stereocenters. The van der Waals surface area contributed by atoms with E-state index in [1.165, 1.54) is 0 Å². The molecule has 6 fully saturated rings. The third-order valence-electron chi connectivity index (χ3n) is 9.13. The summed E-state index contributed by atoms with van der Waals surface area (Å²) in [7, 11) is 0. The number of aliphatic hydroxyl groups excluding tert-OH is 2. The van der Waals surface area contributed by atoms with Gasteiger partial charge in [-0.3, -0.25) is 4.79 Å². The van der Waals surface area contributed by atoms with Gasteiger partial charge in [0.05, 0.1) is 24.2 Å². The van der Waals surface area contributed by atoms with Crippen molar-refractivity contribution in [1.82, 2.24) is 0 Å². The molecule has 0 amide bonds. The van der Waals surface area contributed by atoms with Gasteiger partial charge in [0.2, 0.25) is 0 Å². The van der Waals surface area contributed by atoms with Gasteiger partial charge in [0.25, 0.3) is 0 Å². The number of rotatable bonds is 0. The Balaban J connectivity index is 1.71. The number of carbonyl (C=O) groups is 1. The third kappa shape index (κ3) is 1.44. The van der Waals surface area contributed by atoms with Crippen molar-refractivity contribution in [2.24, 2.45) is 34.0 Å². The normalized spacial score (nSPS) is 58.8. The zero-order valence-corrected chi connectivity index (χ0v) is 15.0. The van der Waals surface area contributed by atoms with Crippen LogP contribution in [-0.2, 0) is 9.53 Å². The molecule has 138 valence electrons. The van der Waals surface area contributed by atoms with Gasteiger partial charge < -0.3 is 20.1 Å². The smallest absolute Gasteiger partial charge is 0.170 e. The van der Waals surface area contributed by atoms with E-state index >= 15 is 0 Å². The molecular weight excluding hydrogens is 320 g/mol. The molecular formula is C20H28O5. The zero-order chi connectivity index (χ0) is 18.0. The number of hydrogen-bond donors (Lipinski definition) is 3. The third-order valence-corrected chi connectivity index (χ3v) is 9.13. The number of carbonyl (C=O) groups excluding carboxylic acids is 1. The van der Waals surface area contributed by atoms with Crippen molar-refractivity contribution >= 4 is 5.78 Å². The quantitative estimate of drug-likeness (QED) is 0.576. The molecule has 2 heterocycles. The minimum Gasteiger partial charge on any atom is -0.392 e. The molecule has 0 aromatic carbocycles. The first-order valence-corrected chi connectivity index (χ1v) is 9.59. The van der Waals surface area contributed by atoms with Crippen molar-refractivity contribution in [2.45, 2.75) is 63.9 Å². The van der Waals surface area contributed by atoms with Gasteiger partial charge >= 0.3 is 0 Å². The SMILES string of the molecule is C=C1C(=O)C23C(O)CC4C5(CCC(O)(OC5)C4(C)C)C2CCC1C3O. The summed E-state index contributed by atoms with van der Waals surface area (Å²) >= 11 is 0. The molecule has 3 N–H and O–H groups in total. The molecule has 5 nitrogen and oxygen atoms in total. The second-order valence-electron chi connectivity index (χ2n) is 9.80. The Morgan fingerprint density at radius 1 is 1.16 bits per heavy atom. The van der Waals surface area contributed by atoms with Crippen LogP contribution in [0.4, 0.5) is 0 Å². The van der Waals surface area contributed by atoms with Crippen molar-refractivity contribution < 1.29 is 24.9 Å². The molecule has 4 bridgehead atoms. The highest BCUT2D eigenvalue weighted by Gasteiger charge is 2.78. The Morgan fingerprint density at radius 3 is 2.52 bits per heavy atom. The molecule has 0 aromatic rings. The van der Waals surface area contributed by atoms with Gasteiger partial charge in [-0.15, -0.1) is 0 Å². The minimum absolute atomic E-state index is 0.0727. The van der Waals surface area contributed by atoms with Crippen LogP contribution in [0.1, 0.15) is 46.0 Å². The fraction of sp³-hybridized carbons (Fsp3) is 0.850. The molecule has 2 aliphatic heterocycles. The van der Waals surface area contributed by atoms with Crippen molar-refractivity contribution in [3.63, 3.8) is 0 Å². The first-order valence-electron chi connectivity index (χ1n) is 9.59. The molecule has 4 aliphatic carbocycles. The van der Waals surface area contributed by atoms with Crippen LogP contribution in [0.2, 0.25) is 0 Å². The van der Waals surface area contributed by atoms with Crippen LogP contribution < -0.4 is 0 Å². The van der Waals surface area contributed by atoms with Gasteiger partial charge in [0.15, 0.2) is 11.6 Å². The number of Topliss-reactive ketones (excluding diaryl/α,β-unsaturated/α-hetero) is 1. The average molecular weight is 348 g/mol. The largest absolute Gasteiger partial charge is 0.392 e. The van der Waals surface area contributed by atoms with Gasteiger partial charge in [-0.25, -0.2) is 0 Å². The highest BCUT2D eigenvalue weighted by atomic mass is 16.6. The van der Waals surface area contributed by atoms with Crippen molar-refractivity contribution in [1.29, 1.82) is 0 Å². The number of ether oxygens (including phenoxy) is 1. The van der Waals surface area contributed by atoms with E-state index in [1.54, 1.807) is 0 Å². The topological polar surface area (TPSA) is 87.0 Å². The standard InChI is InChI=1S/C20H28O5/c1-10-11-4-5-12-18-6-7-19(24,25-9-18)17(2,3)13(18)8-14(21)20(12,15(10)22)16(11)23/h11-14,16,21,23-24H,1,4-9H2,2-3H3. The van der Waals surface area contributed by atoms with Crippen molar-refractivity contribution in [3.8, 4) is 0 Å². The Labute approximate surface area is 148 Å². The van der Waals surface area contributed by atoms with Gasteiger partial charge in [-0.05, 0) is 43.1 Å². The molecule has 2 saturated heterocycles. The lowest BCUT2D eigenvalue weighted by Gasteiger charge is -2.71. The summed E-state index contributed by atoms with van der Waals surface area (Å²) in [6.07, 6.45) is 1.57. The Kier molecular flexibility index (Phi) is 2.88. The summed E-state index contributed by atoms with van der Waals surface area (Å²) < 4.78 is 5.98. The number of aliphatic hydroxyl groups is 3. The summed E-state index contributed by atoms with van der Waals surface area (Å²) in [4.78, 5) is 13.2. The predicted molar refractivity (Wildman–Crippen MR) is 89.3 cm³/mol. The van der Waals surface area contributed by atoms with E-state index in [4.69, 9.17) is 4.74 Å². The van der Waals surface area contributed by atoms with Gasteiger partial charge in [-0.2, -0.15) is 0 Å². The molecule has 6 aliphatic rings. The number of ketones is 1. The summed E-state index contributed by atoms with van der Waals surface area (Å²) in [6, 6.07) is 0. The minimum atomic E-state index is -1.16. The molecule has 2 spiro atoms. The predicted octanol–water partition coefficient (Wildman–Crippen LogP) is 1.40. The number of fused-ring (bicyclic) bond motifs is 3. The highest BCUT2D eigenvalue weighted by Crippen LogP contribution is 2.74. The molecule has 25 heavy (non-hydrogen) atoms. The Hall–Kier alpha value is -0.750. The average Bonchev–Trinajstić information content (AvgIpc) is 2.68. The summed E-state index contributed by atoms with van der Waals surface area (Å²) in [5.74, 6) is -1.55. The van der Waals surface area contributed by atoms with Gasteiger partial charge in [-0.1, -0.05) is 20.4 Å². The van der Waals surface area contributed by atoms with Crippen LogP contribution in [0, 0.1) is 34.0 Å². The molecule has 0 aromatic heterocycles. The van der Waals surface area contributed by atoms with Crippen molar-refractivity contribution in [2.75, 3.05) is 6.61 Å². The first kappa shape index (κ1) is 16.4. The van der Waals surface area contributed by atoms with Crippen LogP contribution >= 0.6 is 0 Å². The van der Waals surface area contributed by atoms with E-state index in [0.29, 0.717) is 25.0 Å². The molecule has 8 atom stereocenters. The highest BCUT2D eigenvalue weighted by molar-refractivity contribution is 6.04. The summed E-state index contributed by atoms with van der Waals surface area (Å²) in [5, 5.41) is 33.2. The summed E-state index contributed by atoms with van der Waals surface area (Å²) in [6.45, 7) is 8.41. The molecule has 5 heteroatoms. The second-order valence-corrected chi connectivity index (χ2v) is 9.80. The fourth-order valence-electron chi connectivity index (χ4n) is 7.77. The monoisotopic (exact) mass is 348 g/mol. The van der Waals surface area contributed by atoms with E-state index in [0.717, 1.165) is 19.3 Å². The lowest BCUT2D eigenvalue weighted by atomic mass is 9.37. The Bertz CT molecular complexity index is 674. The van der Waals surface area contributed by atoms with Crippen LogP contribution in [0.3, 0.4) is 0 Å². The van der Waals surface area contributed by atoms with E-state index in [9.17, 15) is 20.1 Å². The lowest BCUT2D eigenvalue weighted by molar-refractivity contribution is -0.400. The maximum Gasteiger partial charge on any atom is 0.170 e. The van der Waals surface area contributed by atoms with Crippen LogP contribution in [0.25, 0.3) is 0 Å².